The predicted octanol–water partition coefficient (Wildman–Crippen LogP) is 1.36. The Morgan fingerprint density at radius 2 is 2.11 bits per heavy atom. The van der Waals surface area contributed by atoms with E-state index >= 15 is 0 Å². The molecular formula is C13H18N2O3S. The summed E-state index contributed by atoms with van der Waals surface area (Å²) in [5.74, 6) is -1.28. The van der Waals surface area contributed by atoms with Gasteiger partial charge < -0.3 is 20.8 Å². The number of hydrogen-bond acceptors (Lipinski definition) is 3. The maximum absolute atomic E-state index is 10.6. The molecule has 6 heteroatoms. The molecule has 0 saturated carbocycles. The first-order valence-corrected chi connectivity index (χ1v) is 6.37. The Morgan fingerprint density at radius 1 is 1.42 bits per heavy atom. The molecule has 0 spiro atoms. The fraction of sp³-hybridized carbons (Fsp3) is 0.385. The number of aliphatic hydroxyl groups is 1. The smallest absolute Gasteiger partial charge is 0.303 e. The van der Waals surface area contributed by atoms with E-state index in [-0.39, 0.29) is 18.9 Å². The largest absolute Gasteiger partial charge is 0.481 e. The van der Waals surface area contributed by atoms with Crippen LogP contribution in [0.4, 0.5) is 5.69 Å². The van der Waals surface area contributed by atoms with Crippen LogP contribution in [0.15, 0.2) is 24.3 Å². The van der Waals surface area contributed by atoms with Crippen molar-refractivity contribution in [3.05, 3.63) is 29.8 Å². The Kier molecular flexibility index (Phi) is 6.24. The number of nitrogens with one attached hydrogen (secondary N) is 2. The van der Waals surface area contributed by atoms with Crippen LogP contribution in [0.2, 0.25) is 0 Å². The van der Waals surface area contributed by atoms with Crippen LogP contribution in [0.5, 0.6) is 0 Å². The Balaban J connectivity index is 2.43. The normalized spacial score (nSPS) is 11.7. The number of benzene rings is 1. The highest BCUT2D eigenvalue weighted by molar-refractivity contribution is 7.80. The molecule has 1 atom stereocenters. The Labute approximate surface area is 117 Å². The highest BCUT2D eigenvalue weighted by atomic mass is 32.1. The number of anilines is 1. The number of hydrogen-bond donors (Lipinski definition) is 4. The first kappa shape index (κ1) is 15.4. The van der Waals surface area contributed by atoms with Crippen LogP contribution >= 0.6 is 12.2 Å². The zero-order valence-electron chi connectivity index (χ0n) is 10.7. The van der Waals surface area contributed by atoms with Crippen LogP contribution in [0, 0.1) is 12.8 Å². The van der Waals surface area contributed by atoms with E-state index in [9.17, 15) is 4.79 Å². The van der Waals surface area contributed by atoms with E-state index in [1.807, 2.05) is 31.2 Å². The molecule has 0 aliphatic carbocycles. The van der Waals surface area contributed by atoms with Crippen LogP contribution < -0.4 is 10.6 Å². The molecule has 0 fully saturated rings. The van der Waals surface area contributed by atoms with Gasteiger partial charge >= 0.3 is 5.97 Å². The zero-order chi connectivity index (χ0) is 14.3. The molecule has 4 N–H and O–H groups in total. The van der Waals surface area contributed by atoms with Crippen LogP contribution in [0.25, 0.3) is 0 Å². The van der Waals surface area contributed by atoms with Crippen LogP contribution in [0.1, 0.15) is 12.0 Å². The molecule has 0 aliphatic heterocycles. The van der Waals surface area contributed by atoms with Gasteiger partial charge in [0.2, 0.25) is 0 Å². The number of aliphatic hydroxyl groups excluding tert-OH is 1. The molecule has 0 saturated heterocycles. The van der Waals surface area contributed by atoms with Crippen molar-refractivity contribution in [3.8, 4) is 0 Å². The quantitative estimate of drug-likeness (QED) is 0.590. The summed E-state index contributed by atoms with van der Waals surface area (Å²) in [6, 6.07) is 7.71. The molecule has 19 heavy (non-hydrogen) atoms. The first-order valence-electron chi connectivity index (χ1n) is 5.96. The van der Waals surface area contributed by atoms with Gasteiger partial charge in [-0.05, 0) is 30.8 Å². The number of para-hydroxylation sites is 1. The second kappa shape index (κ2) is 7.70. The average Bonchev–Trinajstić information content (AvgIpc) is 2.37. The van der Waals surface area contributed by atoms with E-state index in [0.29, 0.717) is 11.7 Å². The van der Waals surface area contributed by atoms with Gasteiger partial charge in [0.1, 0.15) is 0 Å². The number of thiocarbonyl (C=S) groups is 1. The van der Waals surface area contributed by atoms with Crippen molar-refractivity contribution in [1.29, 1.82) is 0 Å². The van der Waals surface area contributed by atoms with Gasteiger partial charge in [0.25, 0.3) is 0 Å². The minimum absolute atomic E-state index is 0.0868. The minimum atomic E-state index is -0.932. The highest BCUT2D eigenvalue weighted by Crippen LogP contribution is 2.12. The molecule has 5 nitrogen and oxygen atoms in total. The molecule has 104 valence electrons. The SMILES string of the molecule is Cc1ccccc1NC(=S)NCC(CO)CC(=O)O. The van der Waals surface area contributed by atoms with Gasteiger partial charge in [-0.15, -0.1) is 0 Å². The molecule has 0 aliphatic rings. The highest BCUT2D eigenvalue weighted by Gasteiger charge is 2.12. The maximum atomic E-state index is 10.6. The molecule has 1 rings (SSSR count). The zero-order valence-corrected chi connectivity index (χ0v) is 11.5. The molecule has 1 aromatic carbocycles. The van der Waals surface area contributed by atoms with Crippen molar-refractivity contribution in [2.45, 2.75) is 13.3 Å². The van der Waals surface area contributed by atoms with E-state index in [1.165, 1.54) is 0 Å². The number of aliphatic carboxylic acids is 1. The van der Waals surface area contributed by atoms with Gasteiger partial charge in [-0.3, -0.25) is 4.79 Å². The Morgan fingerprint density at radius 3 is 2.68 bits per heavy atom. The van der Waals surface area contributed by atoms with Crippen molar-refractivity contribution < 1.29 is 15.0 Å². The molecule has 1 unspecified atom stereocenters. The van der Waals surface area contributed by atoms with Crippen molar-refractivity contribution in [1.82, 2.24) is 5.32 Å². The number of carbonyl (C=O) groups is 1. The van der Waals surface area contributed by atoms with Crippen LogP contribution in [-0.2, 0) is 4.79 Å². The third-order valence-electron chi connectivity index (χ3n) is 2.67. The summed E-state index contributed by atoms with van der Waals surface area (Å²) in [6.45, 7) is 2.10. The van der Waals surface area contributed by atoms with Crippen molar-refractivity contribution >= 4 is 29.0 Å². The lowest BCUT2D eigenvalue weighted by atomic mass is 10.1. The van der Waals surface area contributed by atoms with E-state index in [4.69, 9.17) is 22.4 Å². The second-order valence-corrected chi connectivity index (χ2v) is 4.70. The van der Waals surface area contributed by atoms with Crippen molar-refractivity contribution in [3.63, 3.8) is 0 Å². The fourth-order valence-electron chi connectivity index (χ4n) is 1.56. The summed E-state index contributed by atoms with van der Waals surface area (Å²) in [5.41, 5.74) is 1.97. The van der Waals surface area contributed by atoms with E-state index < -0.39 is 5.97 Å². The van der Waals surface area contributed by atoms with Crippen LogP contribution in [-0.4, -0.2) is 34.4 Å². The Bertz CT molecular complexity index is 451. The number of carboxylic acid groups (broad SMARTS) is 1. The monoisotopic (exact) mass is 282 g/mol. The van der Waals surface area contributed by atoms with Gasteiger partial charge in [0.05, 0.1) is 6.42 Å². The van der Waals surface area contributed by atoms with E-state index in [2.05, 4.69) is 10.6 Å². The Hall–Kier alpha value is -1.66. The summed E-state index contributed by atoms with van der Waals surface area (Å²) < 4.78 is 0. The molecule has 0 bridgehead atoms. The molecule has 0 heterocycles. The van der Waals surface area contributed by atoms with Gasteiger partial charge in [-0.2, -0.15) is 0 Å². The molecule has 0 aromatic heterocycles. The number of aryl methyl sites for hydroxylation is 1. The standard InChI is InChI=1S/C13H18N2O3S/c1-9-4-2-3-5-11(9)15-13(19)14-7-10(8-16)6-12(17)18/h2-5,10,16H,6-8H2,1H3,(H,17,18)(H2,14,15,19). The van der Waals surface area contributed by atoms with E-state index in [0.717, 1.165) is 11.3 Å². The van der Waals surface area contributed by atoms with Crippen molar-refractivity contribution in [2.24, 2.45) is 5.92 Å². The molecular weight excluding hydrogens is 264 g/mol. The van der Waals surface area contributed by atoms with Gasteiger partial charge in [0.15, 0.2) is 5.11 Å². The molecule has 1 aromatic rings. The van der Waals surface area contributed by atoms with Gasteiger partial charge in [-0.1, -0.05) is 18.2 Å². The summed E-state index contributed by atoms with van der Waals surface area (Å²) >= 11 is 5.12. The summed E-state index contributed by atoms with van der Waals surface area (Å²) in [5, 5.41) is 24.1. The number of rotatable bonds is 6. The van der Waals surface area contributed by atoms with Crippen molar-refractivity contribution in [2.75, 3.05) is 18.5 Å². The second-order valence-electron chi connectivity index (χ2n) is 4.30. The van der Waals surface area contributed by atoms with Gasteiger partial charge in [-0.25, -0.2) is 0 Å². The lowest BCUT2D eigenvalue weighted by molar-refractivity contribution is -0.138. The summed E-state index contributed by atoms with van der Waals surface area (Å²) in [6.07, 6.45) is -0.0868. The average molecular weight is 282 g/mol. The first-order chi connectivity index (χ1) is 9.02. The van der Waals surface area contributed by atoms with Crippen LogP contribution in [0.3, 0.4) is 0 Å². The molecule has 0 radical (unpaired) electrons. The fourth-order valence-corrected chi connectivity index (χ4v) is 1.76. The number of carboxylic acids is 1. The molecule has 0 amide bonds. The topological polar surface area (TPSA) is 81.6 Å². The third-order valence-corrected chi connectivity index (χ3v) is 2.91. The summed E-state index contributed by atoms with van der Waals surface area (Å²) in [7, 11) is 0. The maximum Gasteiger partial charge on any atom is 0.303 e. The third kappa shape index (κ3) is 5.67. The lowest BCUT2D eigenvalue weighted by Gasteiger charge is -2.16. The summed E-state index contributed by atoms with van der Waals surface area (Å²) in [4.78, 5) is 10.6. The van der Waals surface area contributed by atoms with Gasteiger partial charge in [0, 0.05) is 24.8 Å². The predicted molar refractivity (Wildman–Crippen MR) is 78.2 cm³/mol. The minimum Gasteiger partial charge on any atom is -0.481 e. The van der Waals surface area contributed by atoms with E-state index in [1.54, 1.807) is 0 Å². The lowest BCUT2D eigenvalue weighted by Crippen LogP contribution is -2.34.